The summed E-state index contributed by atoms with van der Waals surface area (Å²) in [6.07, 6.45) is 0.638. The molecular formula is C21H22N4O3. The molecular weight excluding hydrogens is 356 g/mol. The van der Waals surface area contributed by atoms with E-state index in [1.54, 1.807) is 4.90 Å². The van der Waals surface area contributed by atoms with Crippen LogP contribution in [0, 0.1) is 0 Å². The van der Waals surface area contributed by atoms with E-state index in [2.05, 4.69) is 16.0 Å². The Balaban J connectivity index is 1.45. The average Bonchev–Trinajstić information content (AvgIpc) is 3.03. The van der Waals surface area contributed by atoms with E-state index < -0.39 is 6.04 Å². The van der Waals surface area contributed by atoms with Crippen molar-refractivity contribution in [2.75, 3.05) is 17.7 Å². The predicted octanol–water partition coefficient (Wildman–Crippen LogP) is 2.10. The van der Waals surface area contributed by atoms with Crippen LogP contribution in [0.5, 0.6) is 0 Å². The van der Waals surface area contributed by atoms with Crippen molar-refractivity contribution in [2.24, 2.45) is 0 Å². The summed E-state index contributed by atoms with van der Waals surface area (Å²) in [6.45, 7) is 0.998. The highest BCUT2D eigenvalue weighted by Crippen LogP contribution is 2.28. The number of carbonyl (C=O) groups excluding carboxylic acids is 3. The molecule has 2 aromatic carbocycles. The van der Waals surface area contributed by atoms with E-state index in [0.29, 0.717) is 25.1 Å². The minimum Gasteiger partial charge on any atom is -0.388 e. The second-order valence-electron chi connectivity index (χ2n) is 7.07. The number of amides is 3. The fraction of sp³-hybridized carbons (Fsp3) is 0.286. The van der Waals surface area contributed by atoms with Crippen LogP contribution in [-0.2, 0) is 22.7 Å². The Morgan fingerprint density at radius 2 is 1.82 bits per heavy atom. The molecule has 2 aliphatic rings. The molecule has 3 amide bonds. The number of hydrogen-bond donors (Lipinski definition) is 3. The van der Waals surface area contributed by atoms with E-state index in [0.717, 1.165) is 22.5 Å². The first kappa shape index (κ1) is 18.0. The van der Waals surface area contributed by atoms with Gasteiger partial charge >= 0.3 is 0 Å². The monoisotopic (exact) mass is 378 g/mol. The van der Waals surface area contributed by atoms with Gasteiger partial charge in [0, 0.05) is 43.5 Å². The van der Waals surface area contributed by atoms with Crippen LogP contribution in [0.15, 0.2) is 42.5 Å². The van der Waals surface area contributed by atoms with Gasteiger partial charge < -0.3 is 15.5 Å². The van der Waals surface area contributed by atoms with Crippen LogP contribution in [0.3, 0.4) is 0 Å². The summed E-state index contributed by atoms with van der Waals surface area (Å²) >= 11 is 0. The van der Waals surface area contributed by atoms with Crippen molar-refractivity contribution in [1.82, 2.24) is 10.2 Å². The van der Waals surface area contributed by atoms with Gasteiger partial charge in [-0.05, 0) is 47.9 Å². The minimum absolute atomic E-state index is 0.148. The van der Waals surface area contributed by atoms with Crippen molar-refractivity contribution in [1.29, 1.82) is 0 Å². The topological polar surface area (TPSA) is 90.5 Å². The Kier molecular flexibility index (Phi) is 4.73. The van der Waals surface area contributed by atoms with E-state index >= 15 is 0 Å². The Labute approximate surface area is 163 Å². The Morgan fingerprint density at radius 3 is 2.54 bits per heavy atom. The standard InChI is InChI=1S/C21H22N4O3/c1-22-15-4-6-16(7-5-15)23-11-13-2-3-14-12-25(21(28)17(14)10-13)18-8-9-19(26)24-20(18)27/h2-7,10,18,22-23H,8-9,11-12H2,1H3,(H,24,26,27). The first-order valence-electron chi connectivity index (χ1n) is 9.33. The first-order chi connectivity index (χ1) is 13.5. The zero-order chi connectivity index (χ0) is 19.7. The Hall–Kier alpha value is -3.35. The molecule has 0 aromatic heterocycles. The number of carbonyl (C=O) groups is 3. The second-order valence-corrected chi connectivity index (χ2v) is 7.07. The summed E-state index contributed by atoms with van der Waals surface area (Å²) in [4.78, 5) is 37.9. The predicted molar refractivity (Wildman–Crippen MR) is 106 cm³/mol. The molecule has 3 N–H and O–H groups in total. The Bertz CT molecular complexity index is 939. The molecule has 7 nitrogen and oxygen atoms in total. The smallest absolute Gasteiger partial charge is 0.255 e. The van der Waals surface area contributed by atoms with Crippen molar-refractivity contribution in [3.63, 3.8) is 0 Å². The van der Waals surface area contributed by atoms with Crippen LogP contribution in [-0.4, -0.2) is 35.7 Å². The molecule has 7 heteroatoms. The lowest BCUT2D eigenvalue weighted by molar-refractivity contribution is -0.136. The maximum absolute atomic E-state index is 12.9. The molecule has 0 spiro atoms. The second kappa shape index (κ2) is 7.34. The normalized spacial score (nSPS) is 18.7. The van der Waals surface area contributed by atoms with Gasteiger partial charge in [-0.15, -0.1) is 0 Å². The summed E-state index contributed by atoms with van der Waals surface area (Å²) < 4.78 is 0. The number of imide groups is 1. The summed E-state index contributed by atoms with van der Waals surface area (Å²) in [7, 11) is 1.88. The third kappa shape index (κ3) is 3.43. The number of hydrogen-bond acceptors (Lipinski definition) is 5. The Morgan fingerprint density at radius 1 is 1.07 bits per heavy atom. The number of nitrogens with zero attached hydrogens (tertiary/aromatic N) is 1. The molecule has 28 heavy (non-hydrogen) atoms. The molecule has 1 saturated heterocycles. The van der Waals surface area contributed by atoms with Crippen molar-refractivity contribution in [3.05, 3.63) is 59.2 Å². The molecule has 0 bridgehead atoms. The summed E-state index contributed by atoms with van der Waals surface area (Å²) in [5, 5.41) is 8.76. The van der Waals surface area contributed by atoms with Crippen molar-refractivity contribution in [2.45, 2.75) is 32.0 Å². The van der Waals surface area contributed by atoms with E-state index in [4.69, 9.17) is 0 Å². The van der Waals surface area contributed by atoms with Gasteiger partial charge in [-0.3, -0.25) is 19.7 Å². The van der Waals surface area contributed by atoms with E-state index in [-0.39, 0.29) is 24.1 Å². The van der Waals surface area contributed by atoms with Gasteiger partial charge in [0.05, 0.1) is 0 Å². The molecule has 1 fully saturated rings. The lowest BCUT2D eigenvalue weighted by Crippen LogP contribution is -2.52. The van der Waals surface area contributed by atoms with Gasteiger partial charge in [0.1, 0.15) is 6.04 Å². The number of rotatable bonds is 5. The fourth-order valence-corrected chi connectivity index (χ4v) is 3.67. The van der Waals surface area contributed by atoms with Gasteiger partial charge in [0.25, 0.3) is 5.91 Å². The molecule has 0 aliphatic carbocycles. The zero-order valence-electron chi connectivity index (χ0n) is 15.6. The van der Waals surface area contributed by atoms with Crippen LogP contribution in [0.25, 0.3) is 0 Å². The third-order valence-electron chi connectivity index (χ3n) is 5.26. The van der Waals surface area contributed by atoms with Crippen LogP contribution in [0.2, 0.25) is 0 Å². The van der Waals surface area contributed by atoms with Crippen LogP contribution in [0.4, 0.5) is 11.4 Å². The molecule has 2 aliphatic heterocycles. The lowest BCUT2D eigenvalue weighted by atomic mass is 10.0. The van der Waals surface area contributed by atoms with Gasteiger partial charge in [-0.25, -0.2) is 0 Å². The number of anilines is 2. The largest absolute Gasteiger partial charge is 0.388 e. The van der Waals surface area contributed by atoms with Crippen molar-refractivity contribution in [3.8, 4) is 0 Å². The number of fused-ring (bicyclic) bond motifs is 1. The van der Waals surface area contributed by atoms with Gasteiger partial charge in [0.2, 0.25) is 11.8 Å². The van der Waals surface area contributed by atoms with E-state index in [1.807, 2.05) is 49.5 Å². The quantitative estimate of drug-likeness (QED) is 0.693. The number of nitrogens with one attached hydrogen (secondary N) is 3. The molecule has 1 unspecified atom stereocenters. The molecule has 4 rings (SSSR count). The van der Waals surface area contributed by atoms with E-state index in [1.165, 1.54) is 0 Å². The fourth-order valence-electron chi connectivity index (χ4n) is 3.67. The minimum atomic E-state index is -0.579. The van der Waals surface area contributed by atoms with Crippen molar-refractivity contribution < 1.29 is 14.4 Å². The summed E-state index contributed by atoms with van der Waals surface area (Å²) in [5.41, 5.74) is 4.58. The summed E-state index contributed by atoms with van der Waals surface area (Å²) in [5.74, 6) is -0.810. The zero-order valence-corrected chi connectivity index (χ0v) is 15.6. The maximum Gasteiger partial charge on any atom is 0.255 e. The van der Waals surface area contributed by atoms with Gasteiger partial charge in [-0.2, -0.15) is 0 Å². The lowest BCUT2D eigenvalue weighted by Gasteiger charge is -2.29. The molecule has 2 heterocycles. The molecule has 2 aromatic rings. The van der Waals surface area contributed by atoms with Crippen LogP contribution >= 0.6 is 0 Å². The average molecular weight is 378 g/mol. The highest BCUT2D eigenvalue weighted by Gasteiger charge is 2.39. The van der Waals surface area contributed by atoms with E-state index in [9.17, 15) is 14.4 Å². The highest BCUT2D eigenvalue weighted by molar-refractivity contribution is 6.05. The number of piperidine rings is 1. The first-order valence-corrected chi connectivity index (χ1v) is 9.33. The summed E-state index contributed by atoms with van der Waals surface area (Å²) in [6, 6.07) is 13.2. The maximum atomic E-state index is 12.9. The highest BCUT2D eigenvalue weighted by atomic mass is 16.2. The molecule has 0 saturated carbocycles. The van der Waals surface area contributed by atoms with Crippen molar-refractivity contribution >= 4 is 29.1 Å². The molecule has 144 valence electrons. The molecule has 0 radical (unpaired) electrons. The number of benzene rings is 2. The third-order valence-corrected chi connectivity index (χ3v) is 5.26. The van der Waals surface area contributed by atoms with Crippen LogP contribution in [0.1, 0.15) is 34.3 Å². The van der Waals surface area contributed by atoms with Gasteiger partial charge in [0.15, 0.2) is 0 Å². The molecule has 1 atom stereocenters. The van der Waals surface area contributed by atoms with Crippen LogP contribution < -0.4 is 16.0 Å². The SMILES string of the molecule is CNc1ccc(NCc2ccc3c(c2)C(=O)N(C2CCC(=O)NC2=O)C3)cc1. The van der Waals surface area contributed by atoms with Gasteiger partial charge in [-0.1, -0.05) is 12.1 Å².